The van der Waals surface area contributed by atoms with Crippen LogP contribution in [0, 0.1) is 31.6 Å². The van der Waals surface area contributed by atoms with Crippen LogP contribution < -0.4 is 9.47 Å². The monoisotopic (exact) mass is 794 g/mol. The van der Waals surface area contributed by atoms with Gasteiger partial charge in [-0.05, 0) is 126 Å². The summed E-state index contributed by atoms with van der Waals surface area (Å²) in [5.41, 5.74) is 4.46. The van der Waals surface area contributed by atoms with Crippen LogP contribution >= 0.6 is 11.6 Å². The number of ether oxygens (including phenoxy) is 4. The van der Waals surface area contributed by atoms with Gasteiger partial charge in [-0.1, -0.05) is 43.1 Å². The standard InChI is InChI=1S/C45H63ClN2O8/c1-8-21-48(43(51)52-25-20-46)40-29-38(47-56-44(5,6)7)36-27-32(14-10-12-22-49)35(15-11-13-23-50)41-37-28-34(54-33-17-16-30(3)31(4)26-33)18-19-39(37)55-45(40,42(36)41)53-24-9-2/h9,16-19,26-28,32,35,40-42,49-50H,2,8,10-15,20-25,29H2,1,3-7H3. The van der Waals surface area contributed by atoms with Crippen molar-refractivity contribution < 1.29 is 38.8 Å². The lowest BCUT2D eigenvalue weighted by Crippen LogP contribution is -2.70. The van der Waals surface area contributed by atoms with Gasteiger partial charge in [0.05, 0.1) is 24.1 Å². The highest BCUT2D eigenvalue weighted by Crippen LogP contribution is 2.62. The molecule has 0 saturated heterocycles. The molecule has 5 rings (SSSR count). The van der Waals surface area contributed by atoms with Gasteiger partial charge in [0.1, 0.15) is 35.5 Å². The predicted octanol–water partition coefficient (Wildman–Crippen LogP) is 9.62. The number of fused-ring (bicyclic) bond motifs is 2. The number of aliphatic hydroxyl groups excluding tert-OH is 2. The molecule has 308 valence electrons. The maximum atomic E-state index is 14.1. The molecule has 2 aromatic carbocycles. The van der Waals surface area contributed by atoms with E-state index in [1.54, 1.807) is 11.0 Å². The van der Waals surface area contributed by atoms with Crippen LogP contribution in [0.1, 0.15) is 102 Å². The van der Waals surface area contributed by atoms with Crippen molar-refractivity contribution in [2.75, 3.05) is 38.9 Å². The van der Waals surface area contributed by atoms with E-state index in [4.69, 9.17) is 40.5 Å². The Morgan fingerprint density at radius 3 is 2.43 bits per heavy atom. The van der Waals surface area contributed by atoms with Gasteiger partial charge in [-0.25, -0.2) is 4.79 Å². The SMILES string of the molecule is C=CCOC12Oc3ccc(Oc4ccc(C)c(C)c4)cc3C3C(CCCCO)C(CCCCO)C=C(C(=NOC(C)(C)C)CC1N(CCC)C(=O)OCCCl)C32. The van der Waals surface area contributed by atoms with E-state index in [9.17, 15) is 15.0 Å². The molecule has 1 fully saturated rings. The first-order valence-corrected chi connectivity index (χ1v) is 21.0. The first-order valence-electron chi connectivity index (χ1n) is 20.4. The average Bonchev–Trinajstić information content (AvgIpc) is 3.17. The Morgan fingerprint density at radius 2 is 1.77 bits per heavy atom. The Labute approximate surface area is 338 Å². The van der Waals surface area contributed by atoms with E-state index < -0.39 is 29.4 Å². The van der Waals surface area contributed by atoms with Gasteiger partial charge in [-0.3, -0.25) is 4.90 Å². The van der Waals surface area contributed by atoms with Crippen LogP contribution in [0.3, 0.4) is 0 Å². The molecule has 10 nitrogen and oxygen atoms in total. The van der Waals surface area contributed by atoms with E-state index in [1.165, 1.54) is 5.56 Å². The van der Waals surface area contributed by atoms with Crippen LogP contribution in [-0.4, -0.2) is 83.2 Å². The minimum atomic E-state index is -1.37. The number of unbranched alkanes of at least 4 members (excludes halogenated alkanes) is 2. The highest BCUT2D eigenvalue weighted by atomic mass is 35.5. The quantitative estimate of drug-likeness (QED) is 0.0625. The highest BCUT2D eigenvalue weighted by molar-refractivity contribution is 6.18. The number of allylic oxidation sites excluding steroid dienone is 1. The average molecular weight is 795 g/mol. The van der Waals surface area contributed by atoms with Crippen molar-refractivity contribution in [1.29, 1.82) is 0 Å². The van der Waals surface area contributed by atoms with Crippen molar-refractivity contribution in [2.45, 2.75) is 116 Å². The Morgan fingerprint density at radius 1 is 1.05 bits per heavy atom. The summed E-state index contributed by atoms with van der Waals surface area (Å²) in [5, 5.41) is 24.6. The molecule has 0 radical (unpaired) electrons. The predicted molar refractivity (Wildman–Crippen MR) is 221 cm³/mol. The van der Waals surface area contributed by atoms with E-state index >= 15 is 0 Å². The van der Waals surface area contributed by atoms with Gasteiger partial charge in [0.25, 0.3) is 0 Å². The summed E-state index contributed by atoms with van der Waals surface area (Å²) in [5.74, 6) is 0.496. The fourth-order valence-electron chi connectivity index (χ4n) is 8.64. The number of carbonyl (C=O) groups is 1. The van der Waals surface area contributed by atoms with Gasteiger partial charge in [-0.15, -0.1) is 18.2 Å². The smallest absolute Gasteiger partial charge is 0.410 e. The van der Waals surface area contributed by atoms with Crippen LogP contribution in [0.4, 0.5) is 4.79 Å². The topological polar surface area (TPSA) is 119 Å². The number of amides is 1. The zero-order chi connectivity index (χ0) is 40.5. The van der Waals surface area contributed by atoms with Crippen molar-refractivity contribution in [3.63, 3.8) is 0 Å². The summed E-state index contributed by atoms with van der Waals surface area (Å²) in [6, 6.07) is 11.4. The first-order chi connectivity index (χ1) is 26.9. The number of oxime groups is 1. The van der Waals surface area contributed by atoms with Crippen LogP contribution in [0.2, 0.25) is 0 Å². The van der Waals surface area contributed by atoms with Crippen molar-refractivity contribution in [3.05, 3.63) is 77.4 Å². The Balaban J connectivity index is 1.79. The van der Waals surface area contributed by atoms with Gasteiger partial charge in [0.15, 0.2) is 0 Å². The van der Waals surface area contributed by atoms with Gasteiger partial charge in [0.2, 0.25) is 5.79 Å². The minimum Gasteiger partial charge on any atom is -0.459 e. The summed E-state index contributed by atoms with van der Waals surface area (Å²) in [6.45, 7) is 16.9. The molecule has 56 heavy (non-hydrogen) atoms. The molecule has 0 bridgehead atoms. The summed E-state index contributed by atoms with van der Waals surface area (Å²) < 4.78 is 26.6. The molecule has 0 aromatic heterocycles. The summed E-state index contributed by atoms with van der Waals surface area (Å²) in [7, 11) is 0. The fourth-order valence-corrected chi connectivity index (χ4v) is 8.72. The number of carbonyl (C=O) groups excluding carboxylic acids is 1. The molecular weight excluding hydrogens is 732 g/mol. The molecular formula is C45H63ClN2O8. The number of halogens is 1. The summed E-state index contributed by atoms with van der Waals surface area (Å²) in [4.78, 5) is 22.0. The molecule has 1 amide bonds. The third kappa shape index (κ3) is 9.92. The summed E-state index contributed by atoms with van der Waals surface area (Å²) in [6.07, 6.45) is 9.25. The maximum Gasteiger partial charge on any atom is 0.410 e. The van der Waals surface area contributed by atoms with E-state index in [0.717, 1.165) is 53.8 Å². The number of nitrogens with zero attached hydrogens (tertiary/aromatic N) is 2. The van der Waals surface area contributed by atoms with E-state index in [-0.39, 0.29) is 50.1 Å². The number of rotatable bonds is 19. The fraction of sp³-hybridized carbons (Fsp3) is 0.600. The lowest BCUT2D eigenvalue weighted by atomic mass is 9.55. The van der Waals surface area contributed by atoms with Gasteiger partial charge in [-0.2, -0.15) is 0 Å². The van der Waals surface area contributed by atoms with Crippen molar-refractivity contribution >= 4 is 23.4 Å². The third-order valence-corrected chi connectivity index (χ3v) is 11.3. The maximum absolute atomic E-state index is 14.1. The number of hydrogen-bond acceptors (Lipinski definition) is 9. The Kier molecular flexibility index (Phi) is 15.3. The van der Waals surface area contributed by atoms with Gasteiger partial charge < -0.3 is 34.0 Å². The lowest BCUT2D eigenvalue weighted by molar-refractivity contribution is -0.255. The molecule has 11 heteroatoms. The second-order valence-corrected chi connectivity index (χ2v) is 16.7. The van der Waals surface area contributed by atoms with Crippen LogP contribution in [0.25, 0.3) is 0 Å². The van der Waals surface area contributed by atoms with Gasteiger partial charge in [0, 0.05) is 37.7 Å². The molecule has 6 atom stereocenters. The third-order valence-electron chi connectivity index (χ3n) is 11.2. The zero-order valence-corrected chi connectivity index (χ0v) is 35.0. The Bertz CT molecular complexity index is 1710. The number of aryl methyl sites for hydroxylation is 2. The Hall–Kier alpha value is -3.57. The molecule has 1 heterocycles. The number of hydrogen-bond donors (Lipinski definition) is 2. The molecule has 2 aromatic rings. The molecule has 6 unspecified atom stereocenters. The number of alkyl halides is 1. The van der Waals surface area contributed by atoms with Crippen LogP contribution in [0.5, 0.6) is 17.2 Å². The molecule has 1 saturated carbocycles. The van der Waals surface area contributed by atoms with Gasteiger partial charge >= 0.3 is 6.09 Å². The lowest BCUT2D eigenvalue weighted by Gasteiger charge is -2.60. The van der Waals surface area contributed by atoms with Crippen molar-refractivity contribution in [3.8, 4) is 17.2 Å². The summed E-state index contributed by atoms with van der Waals surface area (Å²) >= 11 is 6.01. The normalized spacial score (nSPS) is 24.7. The molecule has 1 aliphatic heterocycles. The molecule has 3 aliphatic rings. The van der Waals surface area contributed by atoms with E-state index in [1.807, 2.05) is 52.0 Å². The van der Waals surface area contributed by atoms with E-state index in [0.29, 0.717) is 43.7 Å². The molecule has 0 spiro atoms. The van der Waals surface area contributed by atoms with Crippen LogP contribution in [-0.2, 0) is 14.3 Å². The van der Waals surface area contributed by atoms with Crippen molar-refractivity contribution in [2.24, 2.45) is 22.9 Å². The second-order valence-electron chi connectivity index (χ2n) is 16.3. The molecule has 2 aliphatic carbocycles. The van der Waals surface area contributed by atoms with Crippen LogP contribution in [0.15, 0.2) is 65.9 Å². The first kappa shape index (κ1) is 43.6. The number of benzene rings is 2. The molecule has 2 N–H and O–H groups in total. The highest BCUT2D eigenvalue weighted by Gasteiger charge is 2.65. The van der Waals surface area contributed by atoms with Crippen molar-refractivity contribution in [1.82, 2.24) is 4.90 Å². The second kappa shape index (κ2) is 19.7. The minimum absolute atomic E-state index is 0.0640. The largest absolute Gasteiger partial charge is 0.459 e. The zero-order valence-electron chi connectivity index (χ0n) is 34.2. The number of aliphatic hydroxyl groups is 2. The van der Waals surface area contributed by atoms with E-state index in [2.05, 4.69) is 38.6 Å².